The summed E-state index contributed by atoms with van der Waals surface area (Å²) in [6, 6.07) is 16.1. The maximum atomic E-state index is 11.0. The Bertz CT molecular complexity index is 857. The van der Waals surface area contributed by atoms with Crippen LogP contribution in [0.3, 0.4) is 0 Å². The standard InChI is InChI=1S/C14H10O3S.Na/c15-18(16,17)12-7-8-14-11(9-12)6-5-10-3-1-2-4-13(10)14;/h1-9H,(H,15,16,17);/q;+1/p-1. The topological polar surface area (TPSA) is 57.2 Å². The SMILES string of the molecule is O=S(=O)([O-])c1ccc2c(ccc3ccccc32)c1.[Na+]. The quantitative estimate of drug-likeness (QED) is 0.355. The summed E-state index contributed by atoms with van der Waals surface area (Å²) in [6.45, 7) is 0. The average Bonchev–Trinajstić information content (AvgIpc) is 2.37. The van der Waals surface area contributed by atoms with Crippen LogP contribution < -0.4 is 29.6 Å². The van der Waals surface area contributed by atoms with E-state index in [9.17, 15) is 13.0 Å². The maximum Gasteiger partial charge on any atom is 1.00 e. The van der Waals surface area contributed by atoms with E-state index in [1.807, 2.05) is 36.4 Å². The van der Waals surface area contributed by atoms with Crippen LogP contribution in [0.2, 0.25) is 0 Å². The monoisotopic (exact) mass is 280 g/mol. The van der Waals surface area contributed by atoms with Gasteiger partial charge in [0.2, 0.25) is 0 Å². The molecule has 0 radical (unpaired) electrons. The number of rotatable bonds is 1. The van der Waals surface area contributed by atoms with Gasteiger partial charge < -0.3 is 4.55 Å². The molecule has 0 N–H and O–H groups in total. The van der Waals surface area contributed by atoms with Crippen molar-refractivity contribution in [2.45, 2.75) is 4.90 Å². The Hall–Kier alpha value is -0.910. The van der Waals surface area contributed by atoms with E-state index in [2.05, 4.69) is 0 Å². The van der Waals surface area contributed by atoms with E-state index in [1.165, 1.54) is 12.1 Å². The molecule has 0 aliphatic carbocycles. The van der Waals surface area contributed by atoms with Gasteiger partial charge >= 0.3 is 29.6 Å². The Morgan fingerprint density at radius 1 is 0.789 bits per heavy atom. The second-order valence-electron chi connectivity index (χ2n) is 4.12. The predicted octanol–water partition coefficient (Wildman–Crippen LogP) is -0.0989. The molecule has 0 unspecified atom stereocenters. The normalized spacial score (nSPS) is 11.4. The molecular weight excluding hydrogens is 271 g/mol. The van der Waals surface area contributed by atoms with Crippen LogP contribution in [0.15, 0.2) is 59.5 Å². The van der Waals surface area contributed by atoms with E-state index < -0.39 is 10.1 Å². The Morgan fingerprint density at radius 3 is 2.16 bits per heavy atom. The average molecular weight is 280 g/mol. The zero-order valence-electron chi connectivity index (χ0n) is 10.3. The van der Waals surface area contributed by atoms with Crippen molar-refractivity contribution in [2.24, 2.45) is 0 Å². The third-order valence-electron chi connectivity index (χ3n) is 3.01. The van der Waals surface area contributed by atoms with E-state index in [0.29, 0.717) is 0 Å². The maximum absolute atomic E-state index is 11.0. The summed E-state index contributed by atoms with van der Waals surface area (Å²) in [5.74, 6) is 0. The zero-order valence-corrected chi connectivity index (χ0v) is 13.1. The van der Waals surface area contributed by atoms with Crippen LogP contribution in [-0.2, 0) is 10.1 Å². The minimum Gasteiger partial charge on any atom is -0.744 e. The van der Waals surface area contributed by atoms with Gasteiger partial charge in [0, 0.05) is 0 Å². The van der Waals surface area contributed by atoms with Gasteiger partial charge in [0.25, 0.3) is 0 Å². The number of fused-ring (bicyclic) bond motifs is 3. The molecule has 3 aromatic rings. The molecule has 0 amide bonds. The molecule has 0 aliphatic heterocycles. The molecule has 0 bridgehead atoms. The second-order valence-corrected chi connectivity index (χ2v) is 5.50. The van der Waals surface area contributed by atoms with Gasteiger partial charge in [0.05, 0.1) is 4.90 Å². The summed E-state index contributed by atoms with van der Waals surface area (Å²) in [5, 5.41) is 3.83. The number of hydrogen-bond donors (Lipinski definition) is 0. The minimum atomic E-state index is -4.40. The molecule has 90 valence electrons. The molecule has 5 heteroatoms. The van der Waals surface area contributed by atoms with Crippen molar-refractivity contribution in [3.8, 4) is 0 Å². The van der Waals surface area contributed by atoms with Gasteiger partial charge in [-0.25, -0.2) is 8.42 Å². The van der Waals surface area contributed by atoms with Gasteiger partial charge in [0.1, 0.15) is 10.1 Å². The summed E-state index contributed by atoms with van der Waals surface area (Å²) in [6.07, 6.45) is 0. The Morgan fingerprint density at radius 2 is 1.42 bits per heavy atom. The van der Waals surface area contributed by atoms with Crippen molar-refractivity contribution < 1.29 is 42.5 Å². The van der Waals surface area contributed by atoms with E-state index >= 15 is 0 Å². The molecule has 3 nitrogen and oxygen atoms in total. The van der Waals surface area contributed by atoms with Gasteiger partial charge in [-0.3, -0.25) is 0 Å². The van der Waals surface area contributed by atoms with Crippen molar-refractivity contribution in [2.75, 3.05) is 0 Å². The van der Waals surface area contributed by atoms with Crippen molar-refractivity contribution in [1.82, 2.24) is 0 Å². The molecule has 19 heavy (non-hydrogen) atoms. The summed E-state index contributed by atoms with van der Waals surface area (Å²) in [5.41, 5.74) is 0. The van der Waals surface area contributed by atoms with Gasteiger partial charge in [-0.05, 0) is 33.7 Å². The van der Waals surface area contributed by atoms with E-state index in [4.69, 9.17) is 0 Å². The van der Waals surface area contributed by atoms with Gasteiger partial charge in [-0.15, -0.1) is 0 Å². The zero-order chi connectivity index (χ0) is 12.8. The summed E-state index contributed by atoms with van der Waals surface area (Å²) in [7, 11) is -4.40. The van der Waals surface area contributed by atoms with Crippen LogP contribution in [0.25, 0.3) is 21.5 Å². The Labute approximate surface area is 133 Å². The first-order chi connectivity index (χ1) is 8.55. The first-order valence-corrected chi connectivity index (χ1v) is 6.84. The Kier molecular flexibility index (Phi) is 3.99. The number of benzene rings is 3. The van der Waals surface area contributed by atoms with Crippen LogP contribution in [0, 0.1) is 0 Å². The Balaban J connectivity index is 0.00000133. The molecule has 0 heterocycles. The molecule has 0 aromatic heterocycles. The van der Waals surface area contributed by atoms with Crippen molar-refractivity contribution in [3.05, 3.63) is 54.6 Å². The van der Waals surface area contributed by atoms with Crippen LogP contribution in [0.5, 0.6) is 0 Å². The van der Waals surface area contributed by atoms with Gasteiger partial charge in [-0.1, -0.05) is 42.5 Å². The molecule has 0 spiro atoms. The third kappa shape index (κ3) is 2.68. The van der Waals surface area contributed by atoms with E-state index in [0.717, 1.165) is 21.5 Å². The largest absolute Gasteiger partial charge is 1.00 e. The van der Waals surface area contributed by atoms with Gasteiger partial charge in [0.15, 0.2) is 0 Å². The van der Waals surface area contributed by atoms with E-state index in [-0.39, 0.29) is 34.5 Å². The molecule has 0 saturated carbocycles. The summed E-state index contributed by atoms with van der Waals surface area (Å²) >= 11 is 0. The van der Waals surface area contributed by atoms with Crippen molar-refractivity contribution in [3.63, 3.8) is 0 Å². The molecule has 3 rings (SSSR count). The fourth-order valence-electron chi connectivity index (χ4n) is 2.15. The van der Waals surface area contributed by atoms with Crippen LogP contribution in [-0.4, -0.2) is 13.0 Å². The predicted molar refractivity (Wildman–Crippen MR) is 69.4 cm³/mol. The molecule has 0 aliphatic rings. The smallest absolute Gasteiger partial charge is 0.744 e. The fourth-order valence-corrected chi connectivity index (χ4v) is 2.65. The van der Waals surface area contributed by atoms with Crippen LogP contribution >= 0.6 is 0 Å². The first kappa shape index (κ1) is 14.5. The molecular formula is C14H9NaO3S. The second kappa shape index (κ2) is 5.23. The minimum absolute atomic E-state index is 0. The molecule has 3 aromatic carbocycles. The van der Waals surface area contributed by atoms with E-state index in [1.54, 1.807) is 6.07 Å². The molecule has 0 atom stereocenters. The fraction of sp³-hybridized carbons (Fsp3) is 0. The molecule has 0 saturated heterocycles. The van der Waals surface area contributed by atoms with Crippen LogP contribution in [0.4, 0.5) is 0 Å². The summed E-state index contributed by atoms with van der Waals surface area (Å²) in [4.78, 5) is -0.190. The number of hydrogen-bond acceptors (Lipinski definition) is 3. The van der Waals surface area contributed by atoms with Crippen molar-refractivity contribution >= 4 is 31.7 Å². The third-order valence-corrected chi connectivity index (χ3v) is 3.84. The van der Waals surface area contributed by atoms with Crippen LogP contribution in [0.1, 0.15) is 0 Å². The first-order valence-electron chi connectivity index (χ1n) is 5.43. The van der Waals surface area contributed by atoms with Crippen molar-refractivity contribution in [1.29, 1.82) is 0 Å². The summed E-state index contributed by atoms with van der Waals surface area (Å²) < 4.78 is 33.0. The molecule has 0 fully saturated rings. The van der Waals surface area contributed by atoms with Gasteiger partial charge in [-0.2, -0.15) is 0 Å².